The molecular weight excluding hydrogens is 260 g/mol. The van der Waals surface area contributed by atoms with Crippen LogP contribution in [0.1, 0.15) is 24.5 Å². The molecule has 0 spiro atoms. The molecule has 0 saturated heterocycles. The molecule has 0 aliphatic heterocycles. The van der Waals surface area contributed by atoms with Crippen LogP contribution in [-0.2, 0) is 11.2 Å². The van der Waals surface area contributed by atoms with Crippen molar-refractivity contribution >= 4 is 16.9 Å². The Labute approximate surface area is 115 Å². The fourth-order valence-electron chi connectivity index (χ4n) is 2.15. The number of hydrogen-bond acceptors (Lipinski definition) is 4. The second kappa shape index (κ2) is 5.77. The normalized spacial score (nSPS) is 10.7. The Bertz CT molecular complexity index is 699. The molecule has 106 valence electrons. The van der Waals surface area contributed by atoms with Crippen LogP contribution in [0.25, 0.3) is 11.0 Å². The molecule has 1 heterocycles. The highest BCUT2D eigenvalue weighted by Crippen LogP contribution is 2.24. The minimum Gasteiger partial charge on any atom is -0.494 e. The Morgan fingerprint density at radius 1 is 1.40 bits per heavy atom. The number of aryl methyl sites for hydroxylation is 1. The highest BCUT2D eigenvalue weighted by Gasteiger charge is 2.13. The van der Waals surface area contributed by atoms with Crippen LogP contribution in [0.2, 0.25) is 0 Å². The van der Waals surface area contributed by atoms with Gasteiger partial charge in [0.2, 0.25) is 0 Å². The average Bonchev–Trinajstić information content (AvgIpc) is 2.38. The first-order valence-electron chi connectivity index (χ1n) is 6.44. The van der Waals surface area contributed by atoms with Crippen LogP contribution in [0.3, 0.4) is 0 Å². The zero-order valence-corrected chi connectivity index (χ0v) is 11.4. The van der Waals surface area contributed by atoms with Crippen LogP contribution in [0.15, 0.2) is 27.4 Å². The van der Waals surface area contributed by atoms with Crippen molar-refractivity contribution in [3.05, 3.63) is 39.7 Å². The van der Waals surface area contributed by atoms with Gasteiger partial charge in [-0.2, -0.15) is 0 Å². The lowest BCUT2D eigenvalue weighted by Crippen LogP contribution is -2.12. The zero-order valence-electron chi connectivity index (χ0n) is 11.4. The van der Waals surface area contributed by atoms with Crippen molar-refractivity contribution in [3.8, 4) is 5.75 Å². The monoisotopic (exact) mass is 276 g/mol. The third-order valence-corrected chi connectivity index (χ3v) is 3.16. The van der Waals surface area contributed by atoms with E-state index in [-0.39, 0.29) is 12.8 Å². The SMILES string of the molecule is CCOc1ccc2c(C)c(CCC(=O)O)c(=O)oc2c1. The van der Waals surface area contributed by atoms with Gasteiger partial charge in [0.15, 0.2) is 0 Å². The molecule has 2 aromatic rings. The number of carboxylic acids is 1. The largest absolute Gasteiger partial charge is 0.494 e. The van der Waals surface area contributed by atoms with Crippen LogP contribution in [-0.4, -0.2) is 17.7 Å². The van der Waals surface area contributed by atoms with E-state index in [1.165, 1.54) is 0 Å². The summed E-state index contributed by atoms with van der Waals surface area (Å²) in [5.74, 6) is -0.295. The lowest BCUT2D eigenvalue weighted by Gasteiger charge is -2.08. The van der Waals surface area contributed by atoms with Crippen LogP contribution in [0.5, 0.6) is 5.75 Å². The summed E-state index contributed by atoms with van der Waals surface area (Å²) < 4.78 is 10.6. The highest BCUT2D eigenvalue weighted by molar-refractivity contribution is 5.82. The Kier molecular flexibility index (Phi) is 4.08. The maximum atomic E-state index is 11.9. The van der Waals surface area contributed by atoms with Gasteiger partial charge in [0, 0.05) is 23.4 Å². The van der Waals surface area contributed by atoms with E-state index >= 15 is 0 Å². The van der Waals surface area contributed by atoms with Crippen LogP contribution < -0.4 is 10.4 Å². The third kappa shape index (κ3) is 2.82. The van der Waals surface area contributed by atoms with E-state index < -0.39 is 11.6 Å². The van der Waals surface area contributed by atoms with Gasteiger partial charge < -0.3 is 14.3 Å². The summed E-state index contributed by atoms with van der Waals surface area (Å²) in [6, 6.07) is 5.30. The van der Waals surface area contributed by atoms with Crippen LogP contribution in [0.4, 0.5) is 0 Å². The molecule has 0 atom stereocenters. The van der Waals surface area contributed by atoms with Crippen molar-refractivity contribution < 1.29 is 19.1 Å². The number of carboxylic acid groups (broad SMARTS) is 1. The van der Waals surface area contributed by atoms with E-state index in [1.54, 1.807) is 19.1 Å². The Morgan fingerprint density at radius 3 is 2.80 bits per heavy atom. The highest BCUT2D eigenvalue weighted by atomic mass is 16.5. The van der Waals surface area contributed by atoms with Crippen molar-refractivity contribution in [2.24, 2.45) is 0 Å². The molecule has 1 aromatic carbocycles. The fourth-order valence-corrected chi connectivity index (χ4v) is 2.15. The summed E-state index contributed by atoms with van der Waals surface area (Å²) in [6.45, 7) is 4.21. The number of carbonyl (C=O) groups is 1. The van der Waals surface area contributed by atoms with E-state index in [0.29, 0.717) is 23.5 Å². The third-order valence-electron chi connectivity index (χ3n) is 3.16. The molecule has 5 heteroatoms. The van der Waals surface area contributed by atoms with Crippen molar-refractivity contribution in [1.82, 2.24) is 0 Å². The molecule has 0 bridgehead atoms. The van der Waals surface area contributed by atoms with Gasteiger partial charge in [-0.05, 0) is 38.0 Å². The summed E-state index contributed by atoms with van der Waals surface area (Å²) in [5.41, 5.74) is 1.16. The molecule has 0 aliphatic carbocycles. The maximum absolute atomic E-state index is 11.9. The number of hydrogen-bond donors (Lipinski definition) is 1. The Morgan fingerprint density at radius 2 is 2.15 bits per heavy atom. The summed E-state index contributed by atoms with van der Waals surface area (Å²) >= 11 is 0. The van der Waals surface area contributed by atoms with Gasteiger partial charge in [-0.1, -0.05) is 0 Å². The Balaban J connectivity index is 2.50. The number of ether oxygens (including phenoxy) is 1. The molecule has 1 N–H and O–H groups in total. The quantitative estimate of drug-likeness (QED) is 0.849. The summed E-state index contributed by atoms with van der Waals surface area (Å²) in [7, 11) is 0. The van der Waals surface area contributed by atoms with Gasteiger partial charge in [-0.3, -0.25) is 4.79 Å². The number of aliphatic carboxylic acids is 1. The summed E-state index contributed by atoms with van der Waals surface area (Å²) in [6.07, 6.45) is 0.0841. The first-order valence-corrected chi connectivity index (χ1v) is 6.44. The first kappa shape index (κ1) is 14.1. The van der Waals surface area contributed by atoms with E-state index in [2.05, 4.69) is 0 Å². The average molecular weight is 276 g/mol. The van der Waals surface area contributed by atoms with Gasteiger partial charge in [0.05, 0.1) is 6.61 Å². The molecule has 5 nitrogen and oxygen atoms in total. The molecule has 0 aliphatic rings. The lowest BCUT2D eigenvalue weighted by atomic mass is 10.0. The molecule has 0 unspecified atom stereocenters. The van der Waals surface area contributed by atoms with Crippen molar-refractivity contribution in [2.45, 2.75) is 26.7 Å². The van der Waals surface area contributed by atoms with E-state index in [9.17, 15) is 9.59 Å². The fraction of sp³-hybridized carbons (Fsp3) is 0.333. The Hall–Kier alpha value is -2.30. The number of fused-ring (bicyclic) bond motifs is 1. The molecule has 0 fully saturated rings. The second-order valence-corrected chi connectivity index (χ2v) is 4.48. The van der Waals surface area contributed by atoms with Gasteiger partial charge in [-0.15, -0.1) is 0 Å². The molecule has 0 amide bonds. The van der Waals surface area contributed by atoms with E-state index in [1.807, 2.05) is 13.0 Å². The predicted molar refractivity (Wildman–Crippen MR) is 74.3 cm³/mol. The van der Waals surface area contributed by atoms with E-state index in [0.717, 1.165) is 10.9 Å². The second-order valence-electron chi connectivity index (χ2n) is 4.48. The number of rotatable bonds is 5. The molecular formula is C15H16O5. The molecule has 0 saturated carbocycles. The topological polar surface area (TPSA) is 76.7 Å². The standard InChI is InChI=1S/C15H16O5/c1-3-19-10-4-5-11-9(2)12(6-7-14(16)17)15(18)20-13(11)8-10/h4-5,8H,3,6-7H2,1-2H3,(H,16,17). The maximum Gasteiger partial charge on any atom is 0.339 e. The summed E-state index contributed by atoms with van der Waals surface area (Å²) in [5, 5.41) is 9.52. The summed E-state index contributed by atoms with van der Waals surface area (Å²) in [4.78, 5) is 22.6. The minimum atomic E-state index is -0.935. The molecule has 20 heavy (non-hydrogen) atoms. The van der Waals surface area contributed by atoms with Gasteiger partial charge >= 0.3 is 11.6 Å². The van der Waals surface area contributed by atoms with E-state index in [4.69, 9.17) is 14.3 Å². The van der Waals surface area contributed by atoms with Gasteiger partial charge in [0.25, 0.3) is 0 Å². The minimum absolute atomic E-state index is 0.0892. The van der Waals surface area contributed by atoms with Crippen LogP contribution in [0, 0.1) is 6.92 Å². The lowest BCUT2D eigenvalue weighted by molar-refractivity contribution is -0.136. The first-order chi connectivity index (χ1) is 9.52. The smallest absolute Gasteiger partial charge is 0.339 e. The van der Waals surface area contributed by atoms with Crippen molar-refractivity contribution in [3.63, 3.8) is 0 Å². The molecule has 0 radical (unpaired) electrons. The van der Waals surface area contributed by atoms with Crippen molar-refractivity contribution in [2.75, 3.05) is 6.61 Å². The molecule has 2 rings (SSSR count). The van der Waals surface area contributed by atoms with Gasteiger partial charge in [0.1, 0.15) is 11.3 Å². The zero-order chi connectivity index (χ0) is 14.7. The molecule has 1 aromatic heterocycles. The number of benzene rings is 1. The van der Waals surface area contributed by atoms with Gasteiger partial charge in [-0.25, -0.2) is 4.79 Å². The predicted octanol–water partition coefficient (Wildman–Crippen LogP) is 2.52. The van der Waals surface area contributed by atoms with Crippen molar-refractivity contribution in [1.29, 1.82) is 0 Å². The van der Waals surface area contributed by atoms with Crippen LogP contribution >= 0.6 is 0 Å².